The van der Waals surface area contributed by atoms with Gasteiger partial charge in [0.1, 0.15) is 0 Å². The van der Waals surface area contributed by atoms with Crippen molar-refractivity contribution in [1.29, 1.82) is 0 Å². The Morgan fingerprint density at radius 3 is 0.857 bits per heavy atom. The fourth-order valence-electron chi connectivity index (χ4n) is 2.79. The molecule has 0 fully saturated rings. The van der Waals surface area contributed by atoms with Gasteiger partial charge in [0.05, 0.1) is 0 Å². The van der Waals surface area contributed by atoms with Gasteiger partial charge in [-0.2, -0.15) is 0 Å². The van der Waals surface area contributed by atoms with Crippen LogP contribution in [-0.4, -0.2) is 13.6 Å². The first-order valence-corrected chi connectivity index (χ1v) is 12.4. The number of nitrogens with one attached hydrogen (secondary N) is 1. The molecule has 0 aromatic heterocycles. The predicted octanol–water partition coefficient (Wildman–Crippen LogP) is 6.84. The van der Waals surface area contributed by atoms with Gasteiger partial charge < -0.3 is 17.7 Å². The van der Waals surface area contributed by atoms with Crippen LogP contribution in [-0.2, 0) is 0 Å². The van der Waals surface area contributed by atoms with E-state index in [2.05, 4.69) is 39.9 Å². The summed E-state index contributed by atoms with van der Waals surface area (Å²) in [5.41, 5.74) is 0. The highest BCUT2D eigenvalue weighted by molar-refractivity contribution is 5.85. The van der Waals surface area contributed by atoms with E-state index < -0.39 is 0 Å². The van der Waals surface area contributed by atoms with Crippen molar-refractivity contribution in [1.82, 2.24) is 5.32 Å². The van der Waals surface area contributed by atoms with Crippen LogP contribution in [0.1, 0.15) is 152 Å². The Balaban J connectivity index is -0.0000000656. The number of halogens is 2. The summed E-state index contributed by atoms with van der Waals surface area (Å²) in [6.07, 6.45) is 25.4. The molecule has 1 N–H and O–H groups in total. The molecule has 0 radical (unpaired) electrons. The standard InChI is InChI=1S/C9H21N.2C8H18.2ClH/c1-3-4-5-6-7-8-9-10-2;2*1-3-5-7-8-6-4-2;;/h10H,3-9H2,1-2H3;2*3-8H2,1-2H3;2*1H. The van der Waals surface area contributed by atoms with Gasteiger partial charge in [0.15, 0.2) is 0 Å². The summed E-state index contributed by atoms with van der Waals surface area (Å²) in [7, 11) is 2.02. The third kappa shape index (κ3) is 56.3. The van der Waals surface area contributed by atoms with Crippen molar-refractivity contribution in [2.75, 3.05) is 13.6 Å². The predicted molar refractivity (Wildman–Crippen MR) is 134 cm³/mol. The van der Waals surface area contributed by atoms with Gasteiger partial charge in [-0.1, -0.05) is 144 Å². The molecule has 0 saturated heterocycles. The van der Waals surface area contributed by atoms with E-state index in [1.165, 1.54) is 122 Å². The van der Waals surface area contributed by atoms with Crippen LogP contribution in [0.3, 0.4) is 0 Å². The van der Waals surface area contributed by atoms with Crippen LogP contribution in [0.4, 0.5) is 0 Å². The molecule has 0 unspecified atom stereocenters. The Bertz CT molecular complexity index is 164. The molecule has 0 aromatic carbocycles. The lowest BCUT2D eigenvalue weighted by atomic mass is 10.1. The molecule has 0 aromatic rings. The first-order chi connectivity index (χ1) is 12.7. The van der Waals surface area contributed by atoms with Crippen LogP contribution in [0.15, 0.2) is 0 Å². The van der Waals surface area contributed by atoms with Gasteiger partial charge in [-0.3, -0.25) is 0 Å². The highest BCUT2D eigenvalue weighted by Crippen LogP contribution is 2.04. The number of hydrogen-bond acceptors (Lipinski definition) is 1. The Morgan fingerprint density at radius 2 is 0.643 bits per heavy atom. The van der Waals surface area contributed by atoms with E-state index in [1.807, 2.05) is 7.05 Å². The van der Waals surface area contributed by atoms with E-state index in [4.69, 9.17) is 0 Å². The van der Waals surface area contributed by atoms with Crippen molar-refractivity contribution in [3.63, 3.8) is 0 Å². The molecule has 0 atom stereocenters. The Morgan fingerprint density at radius 1 is 0.429 bits per heavy atom. The van der Waals surface area contributed by atoms with Crippen molar-refractivity contribution in [3.8, 4) is 0 Å². The maximum atomic E-state index is 3.16. The molecule has 0 aliphatic rings. The minimum absolute atomic E-state index is 0. The van der Waals surface area contributed by atoms with Crippen molar-refractivity contribution in [2.45, 2.75) is 150 Å². The fourth-order valence-corrected chi connectivity index (χ4v) is 2.79. The molecule has 0 aliphatic heterocycles. The van der Waals surface area contributed by atoms with Crippen molar-refractivity contribution >= 4 is 12.4 Å². The van der Waals surface area contributed by atoms with Crippen molar-refractivity contribution < 1.29 is 13.8 Å². The minimum Gasteiger partial charge on any atom is -1.00 e. The molecular formula is C25H59Cl2N. The number of hydrogen-bond donors (Lipinski definition) is 1. The topological polar surface area (TPSA) is 12.0 Å². The zero-order chi connectivity index (χ0) is 20.1. The van der Waals surface area contributed by atoms with Crippen LogP contribution >= 0.6 is 12.4 Å². The van der Waals surface area contributed by atoms with Crippen molar-refractivity contribution in [3.05, 3.63) is 0 Å². The van der Waals surface area contributed by atoms with E-state index in [9.17, 15) is 0 Å². The summed E-state index contributed by atoms with van der Waals surface area (Å²) < 4.78 is 0. The number of unbranched alkanes of at least 4 members (excludes halogenated alkanes) is 15. The highest BCUT2D eigenvalue weighted by atomic mass is 35.5. The lowest BCUT2D eigenvalue weighted by molar-refractivity contribution is -0.00000633. The summed E-state index contributed by atoms with van der Waals surface area (Å²) >= 11 is 0. The van der Waals surface area contributed by atoms with Crippen LogP contribution in [0.5, 0.6) is 0 Å². The molecule has 0 spiro atoms. The summed E-state index contributed by atoms with van der Waals surface area (Å²) in [6.45, 7) is 12.5. The zero-order valence-corrected chi connectivity index (χ0v) is 22.3. The van der Waals surface area contributed by atoms with E-state index in [0.29, 0.717) is 0 Å². The van der Waals surface area contributed by atoms with Crippen LogP contribution in [0, 0.1) is 0 Å². The fraction of sp³-hybridized carbons (Fsp3) is 1.00. The average Bonchev–Trinajstić information content (AvgIpc) is 2.66. The smallest absolute Gasteiger partial charge is 1.00 e. The van der Waals surface area contributed by atoms with Crippen molar-refractivity contribution in [2.24, 2.45) is 0 Å². The quantitative estimate of drug-likeness (QED) is 0.242. The van der Waals surface area contributed by atoms with Crippen LogP contribution < -0.4 is 17.7 Å². The Kier molecular flexibility index (Phi) is 64.1. The zero-order valence-electron chi connectivity index (χ0n) is 21.7. The first kappa shape index (κ1) is 39.1. The third-order valence-corrected chi connectivity index (χ3v) is 4.69. The molecule has 1 nitrogen and oxygen atoms in total. The Labute approximate surface area is 195 Å². The van der Waals surface area contributed by atoms with E-state index >= 15 is 0 Å². The molecule has 178 valence electrons. The van der Waals surface area contributed by atoms with Crippen LogP contribution in [0.25, 0.3) is 0 Å². The summed E-state index contributed by atoms with van der Waals surface area (Å²) in [4.78, 5) is 0. The summed E-state index contributed by atoms with van der Waals surface area (Å²) in [5.74, 6) is 0. The SMILES string of the molecule is CCCCCCCC.CCCCCCCC.CCCCCCCCNC.Cl.[Cl-].[H+]. The molecule has 0 rings (SSSR count). The molecule has 0 amide bonds. The van der Waals surface area contributed by atoms with E-state index in [0.717, 1.165) is 0 Å². The second-order valence-electron chi connectivity index (χ2n) is 7.70. The maximum absolute atomic E-state index is 3.16. The van der Waals surface area contributed by atoms with E-state index in [-0.39, 0.29) is 26.2 Å². The van der Waals surface area contributed by atoms with E-state index in [1.54, 1.807) is 0 Å². The number of rotatable bonds is 17. The third-order valence-electron chi connectivity index (χ3n) is 4.69. The summed E-state index contributed by atoms with van der Waals surface area (Å²) in [5, 5.41) is 3.16. The average molecular weight is 445 g/mol. The second-order valence-corrected chi connectivity index (χ2v) is 7.70. The lowest BCUT2D eigenvalue weighted by Crippen LogP contribution is -3.00. The second kappa shape index (κ2) is 46.0. The normalized spacial score (nSPS) is 9.21. The molecule has 0 heterocycles. The minimum atomic E-state index is 0. The van der Waals surface area contributed by atoms with Gasteiger partial charge in [-0.05, 0) is 20.0 Å². The van der Waals surface area contributed by atoms with Gasteiger partial charge in [0.2, 0.25) is 0 Å². The maximum Gasteiger partial charge on any atom is 1.00 e. The molecule has 0 saturated carbocycles. The summed E-state index contributed by atoms with van der Waals surface area (Å²) in [6, 6.07) is 0. The van der Waals surface area contributed by atoms with Gasteiger partial charge in [0, 0.05) is 0 Å². The van der Waals surface area contributed by atoms with Gasteiger partial charge in [0.25, 0.3) is 0 Å². The lowest BCUT2D eigenvalue weighted by Gasteiger charge is -1.98. The van der Waals surface area contributed by atoms with Gasteiger partial charge in [-0.15, -0.1) is 12.4 Å². The van der Waals surface area contributed by atoms with Gasteiger partial charge in [-0.25, -0.2) is 0 Å². The molecule has 28 heavy (non-hydrogen) atoms. The van der Waals surface area contributed by atoms with Crippen LogP contribution in [0.2, 0.25) is 0 Å². The van der Waals surface area contributed by atoms with Gasteiger partial charge >= 0.3 is 1.43 Å². The molecule has 3 heteroatoms. The monoisotopic (exact) mass is 443 g/mol. The molecule has 0 aliphatic carbocycles. The molecular weight excluding hydrogens is 385 g/mol. The molecule has 0 bridgehead atoms. The first-order valence-electron chi connectivity index (χ1n) is 12.4. The largest absolute Gasteiger partial charge is 1.00 e. The highest BCUT2D eigenvalue weighted by Gasteiger charge is 1.87. The Hall–Kier alpha value is 0.540.